The minimum absolute atomic E-state index is 1.03. The van der Waals surface area contributed by atoms with Gasteiger partial charge in [-0.3, -0.25) is 4.68 Å². The number of hydrogen-bond donors (Lipinski definition) is 0. The molecule has 0 amide bonds. The van der Waals surface area contributed by atoms with Gasteiger partial charge in [-0.2, -0.15) is 5.10 Å². The highest BCUT2D eigenvalue weighted by Crippen LogP contribution is 2.04. The molecule has 0 aliphatic rings. The van der Waals surface area contributed by atoms with E-state index in [0.29, 0.717) is 0 Å². The second-order valence-electron chi connectivity index (χ2n) is 2.73. The molecule has 0 bridgehead atoms. The van der Waals surface area contributed by atoms with Crippen molar-refractivity contribution in [1.29, 1.82) is 0 Å². The van der Waals surface area contributed by atoms with Crippen molar-refractivity contribution in [2.24, 2.45) is 7.05 Å². The molecule has 0 aliphatic heterocycles. The number of aromatic nitrogens is 2. The second-order valence-corrected chi connectivity index (χ2v) is 2.73. The normalized spacial score (nSPS) is 10.0. The predicted molar refractivity (Wildman–Crippen MR) is 46.5 cm³/mol. The van der Waals surface area contributed by atoms with Gasteiger partial charge in [-0.05, 0) is 25.8 Å². The first-order chi connectivity index (χ1) is 5.24. The maximum Gasteiger partial charge on any atom is 0.0596 e. The van der Waals surface area contributed by atoms with Crippen molar-refractivity contribution >= 4 is 0 Å². The third-order valence-electron chi connectivity index (χ3n) is 1.70. The zero-order valence-corrected chi connectivity index (χ0v) is 7.17. The molecule has 1 aromatic heterocycles. The summed E-state index contributed by atoms with van der Waals surface area (Å²) >= 11 is 0. The first-order valence-corrected chi connectivity index (χ1v) is 3.84. The molecule has 0 spiro atoms. The summed E-state index contributed by atoms with van der Waals surface area (Å²) in [7, 11) is 1.98. The summed E-state index contributed by atoms with van der Waals surface area (Å²) in [5, 5.41) is 4.25. The molecular formula is C9H14N2. The molecule has 0 atom stereocenters. The average molecular weight is 150 g/mol. The lowest BCUT2D eigenvalue weighted by Gasteiger charge is -1.96. The highest BCUT2D eigenvalue weighted by atomic mass is 15.3. The molecule has 60 valence electrons. The first-order valence-electron chi connectivity index (χ1n) is 3.84. The van der Waals surface area contributed by atoms with Crippen molar-refractivity contribution < 1.29 is 0 Å². The van der Waals surface area contributed by atoms with Gasteiger partial charge < -0.3 is 0 Å². The van der Waals surface area contributed by atoms with E-state index in [1.54, 1.807) is 0 Å². The summed E-state index contributed by atoms with van der Waals surface area (Å²) in [5.41, 5.74) is 2.37. The van der Waals surface area contributed by atoms with E-state index in [2.05, 4.69) is 17.7 Å². The van der Waals surface area contributed by atoms with Crippen LogP contribution in [0, 0.1) is 6.92 Å². The summed E-state index contributed by atoms with van der Waals surface area (Å²) in [6.07, 6.45) is 4.00. The third-order valence-corrected chi connectivity index (χ3v) is 1.70. The molecule has 0 aromatic carbocycles. The van der Waals surface area contributed by atoms with Crippen LogP contribution < -0.4 is 0 Å². The molecule has 0 aliphatic carbocycles. The van der Waals surface area contributed by atoms with Gasteiger partial charge in [0.05, 0.1) is 5.69 Å². The van der Waals surface area contributed by atoms with Gasteiger partial charge in [0.15, 0.2) is 0 Å². The van der Waals surface area contributed by atoms with Crippen molar-refractivity contribution in [2.75, 3.05) is 0 Å². The topological polar surface area (TPSA) is 17.8 Å². The largest absolute Gasteiger partial charge is 0.272 e. The van der Waals surface area contributed by atoms with Crippen LogP contribution >= 0.6 is 0 Å². The van der Waals surface area contributed by atoms with Gasteiger partial charge in [0, 0.05) is 12.7 Å². The zero-order chi connectivity index (χ0) is 8.27. The van der Waals surface area contributed by atoms with Gasteiger partial charge in [-0.25, -0.2) is 0 Å². The minimum Gasteiger partial charge on any atom is -0.272 e. The second kappa shape index (κ2) is 3.37. The van der Waals surface area contributed by atoms with E-state index in [1.807, 2.05) is 24.7 Å². The maximum absolute atomic E-state index is 4.25. The van der Waals surface area contributed by atoms with Gasteiger partial charge in [0.25, 0.3) is 0 Å². The maximum atomic E-state index is 4.25. The Bertz CT molecular complexity index is 248. The summed E-state index contributed by atoms with van der Waals surface area (Å²) in [6, 6.07) is 2.11. The summed E-state index contributed by atoms with van der Waals surface area (Å²) in [5.74, 6) is 0. The smallest absolute Gasteiger partial charge is 0.0596 e. The van der Waals surface area contributed by atoms with E-state index in [0.717, 1.165) is 18.5 Å². The average Bonchev–Trinajstić information content (AvgIpc) is 2.26. The molecule has 0 saturated carbocycles. The molecule has 0 radical (unpaired) electrons. The first kappa shape index (κ1) is 8.05. The van der Waals surface area contributed by atoms with E-state index >= 15 is 0 Å². The Morgan fingerprint density at radius 3 is 2.91 bits per heavy atom. The van der Waals surface area contributed by atoms with Crippen molar-refractivity contribution in [3.63, 3.8) is 0 Å². The highest BCUT2D eigenvalue weighted by molar-refractivity contribution is 5.09. The molecule has 0 saturated heterocycles. The number of allylic oxidation sites excluding steroid dienone is 1. The Kier molecular flexibility index (Phi) is 2.47. The standard InChI is InChI=1S/C9H14N2/c1-4-5-6-9-7-8(2)10-11(9)3/h4,7H,1,5-6H2,2-3H3. The van der Waals surface area contributed by atoms with Gasteiger partial charge >= 0.3 is 0 Å². The van der Waals surface area contributed by atoms with E-state index in [4.69, 9.17) is 0 Å². The Morgan fingerprint density at radius 1 is 1.73 bits per heavy atom. The number of aryl methyl sites for hydroxylation is 3. The molecule has 2 heteroatoms. The van der Waals surface area contributed by atoms with Crippen LogP contribution in [0.5, 0.6) is 0 Å². The molecule has 2 nitrogen and oxygen atoms in total. The van der Waals surface area contributed by atoms with Crippen molar-refractivity contribution in [2.45, 2.75) is 19.8 Å². The van der Waals surface area contributed by atoms with E-state index < -0.39 is 0 Å². The zero-order valence-electron chi connectivity index (χ0n) is 7.17. The Labute approximate surface area is 67.5 Å². The highest BCUT2D eigenvalue weighted by Gasteiger charge is 1.98. The van der Waals surface area contributed by atoms with Gasteiger partial charge in [0.2, 0.25) is 0 Å². The van der Waals surface area contributed by atoms with Gasteiger partial charge in [-0.1, -0.05) is 6.08 Å². The van der Waals surface area contributed by atoms with E-state index in [-0.39, 0.29) is 0 Å². The van der Waals surface area contributed by atoms with Crippen LogP contribution in [0.3, 0.4) is 0 Å². The van der Waals surface area contributed by atoms with Crippen molar-refractivity contribution in [1.82, 2.24) is 9.78 Å². The van der Waals surface area contributed by atoms with Crippen LogP contribution in [0.15, 0.2) is 18.7 Å². The monoisotopic (exact) mass is 150 g/mol. The fourth-order valence-electron chi connectivity index (χ4n) is 1.15. The molecule has 0 fully saturated rings. The SMILES string of the molecule is C=CCCc1cc(C)nn1C. The molecule has 0 N–H and O–H groups in total. The molecule has 0 unspecified atom stereocenters. The van der Waals surface area contributed by atoms with Gasteiger partial charge in [0.1, 0.15) is 0 Å². The van der Waals surface area contributed by atoms with Crippen LogP contribution in [0.1, 0.15) is 17.8 Å². The van der Waals surface area contributed by atoms with Crippen molar-refractivity contribution in [3.8, 4) is 0 Å². The molecule has 1 heterocycles. The van der Waals surface area contributed by atoms with Crippen molar-refractivity contribution in [3.05, 3.63) is 30.1 Å². The predicted octanol–water partition coefficient (Wildman–Crippen LogP) is 1.85. The van der Waals surface area contributed by atoms with E-state index in [9.17, 15) is 0 Å². The number of hydrogen-bond acceptors (Lipinski definition) is 1. The number of rotatable bonds is 3. The van der Waals surface area contributed by atoms with Crippen LogP contribution in [-0.2, 0) is 13.5 Å². The van der Waals surface area contributed by atoms with Crippen LogP contribution in [0.25, 0.3) is 0 Å². The fourth-order valence-corrected chi connectivity index (χ4v) is 1.15. The quantitative estimate of drug-likeness (QED) is 0.601. The minimum atomic E-state index is 1.03. The summed E-state index contributed by atoms with van der Waals surface area (Å²) in [6.45, 7) is 5.69. The Morgan fingerprint density at radius 2 is 2.45 bits per heavy atom. The summed E-state index contributed by atoms with van der Waals surface area (Å²) in [4.78, 5) is 0. The van der Waals surface area contributed by atoms with Crippen LogP contribution in [0.4, 0.5) is 0 Å². The lowest BCUT2D eigenvalue weighted by molar-refractivity contribution is 0.701. The summed E-state index contributed by atoms with van der Waals surface area (Å²) < 4.78 is 1.93. The van der Waals surface area contributed by atoms with Crippen LogP contribution in [0.2, 0.25) is 0 Å². The lowest BCUT2D eigenvalue weighted by Crippen LogP contribution is -1.97. The molecule has 1 aromatic rings. The Hall–Kier alpha value is -1.05. The Balaban J connectivity index is 2.69. The van der Waals surface area contributed by atoms with Gasteiger partial charge in [-0.15, -0.1) is 6.58 Å². The molecule has 1 rings (SSSR count). The van der Waals surface area contributed by atoms with Crippen LogP contribution in [-0.4, -0.2) is 9.78 Å². The number of nitrogens with zero attached hydrogens (tertiary/aromatic N) is 2. The van der Waals surface area contributed by atoms with E-state index in [1.165, 1.54) is 5.69 Å². The molecule has 11 heavy (non-hydrogen) atoms. The lowest BCUT2D eigenvalue weighted by atomic mass is 10.2. The fraction of sp³-hybridized carbons (Fsp3) is 0.444. The molecular weight excluding hydrogens is 136 g/mol. The third kappa shape index (κ3) is 1.93.